The Balaban J connectivity index is 1.29. The molecule has 0 bridgehead atoms. The summed E-state index contributed by atoms with van der Waals surface area (Å²) in [5.41, 5.74) is 0.861. The van der Waals surface area contributed by atoms with Gasteiger partial charge in [-0.05, 0) is 29.1 Å². The van der Waals surface area contributed by atoms with Crippen molar-refractivity contribution in [2.75, 3.05) is 57.4 Å². The number of nitrogens with zero attached hydrogens (tertiary/aromatic N) is 5. The van der Waals surface area contributed by atoms with Crippen molar-refractivity contribution in [3.63, 3.8) is 0 Å². The lowest BCUT2D eigenvalue weighted by molar-refractivity contribution is 0.122. The summed E-state index contributed by atoms with van der Waals surface area (Å²) in [6.45, 7) is 6.08. The van der Waals surface area contributed by atoms with E-state index in [0.717, 1.165) is 35.7 Å². The molecule has 0 aliphatic carbocycles. The SMILES string of the molecule is O=S(=O)(c1cccs1)N1CCN(Cc2cc3nc(Cl)nc(N4CCOCC4)c3s2)CC1. The highest BCUT2D eigenvalue weighted by atomic mass is 35.5. The van der Waals surface area contributed by atoms with Gasteiger partial charge in [-0.25, -0.2) is 13.4 Å². The second kappa shape index (κ2) is 8.89. The van der Waals surface area contributed by atoms with Crippen LogP contribution in [0.5, 0.6) is 0 Å². The average molecular weight is 500 g/mol. The molecule has 2 aliphatic heterocycles. The van der Waals surface area contributed by atoms with Crippen molar-refractivity contribution in [1.29, 1.82) is 0 Å². The van der Waals surface area contributed by atoms with Gasteiger partial charge in [-0.3, -0.25) is 4.90 Å². The molecule has 2 aliphatic rings. The molecular formula is C19H22ClN5O3S3. The monoisotopic (exact) mass is 499 g/mol. The Kier molecular flexibility index (Phi) is 6.17. The van der Waals surface area contributed by atoms with Gasteiger partial charge in [-0.1, -0.05) is 6.07 Å². The first-order chi connectivity index (χ1) is 15.0. The number of thiophene rings is 2. The van der Waals surface area contributed by atoms with E-state index in [1.807, 2.05) is 0 Å². The number of rotatable bonds is 5. The van der Waals surface area contributed by atoms with Crippen molar-refractivity contribution >= 4 is 60.3 Å². The van der Waals surface area contributed by atoms with Gasteiger partial charge < -0.3 is 9.64 Å². The minimum absolute atomic E-state index is 0.255. The van der Waals surface area contributed by atoms with Crippen LogP contribution in [0.25, 0.3) is 10.2 Å². The van der Waals surface area contributed by atoms with Crippen molar-refractivity contribution < 1.29 is 13.2 Å². The maximum atomic E-state index is 12.7. The van der Waals surface area contributed by atoms with Gasteiger partial charge in [0.25, 0.3) is 10.0 Å². The summed E-state index contributed by atoms with van der Waals surface area (Å²) in [5, 5.41) is 2.05. The lowest BCUT2D eigenvalue weighted by Crippen LogP contribution is -2.47. The van der Waals surface area contributed by atoms with Gasteiger partial charge in [0, 0.05) is 50.7 Å². The molecule has 0 atom stereocenters. The van der Waals surface area contributed by atoms with Gasteiger partial charge in [-0.2, -0.15) is 9.29 Å². The minimum atomic E-state index is -3.38. The minimum Gasteiger partial charge on any atom is -0.378 e. The van der Waals surface area contributed by atoms with Crippen LogP contribution in [-0.2, 0) is 21.3 Å². The fourth-order valence-electron chi connectivity index (χ4n) is 3.89. The van der Waals surface area contributed by atoms with Gasteiger partial charge in [-0.15, -0.1) is 22.7 Å². The summed E-state index contributed by atoms with van der Waals surface area (Å²) in [7, 11) is -3.38. The van der Waals surface area contributed by atoms with Crippen LogP contribution in [-0.4, -0.2) is 80.1 Å². The fourth-order valence-corrected chi connectivity index (χ4v) is 7.78. The van der Waals surface area contributed by atoms with E-state index in [0.29, 0.717) is 43.6 Å². The van der Waals surface area contributed by atoms with Crippen LogP contribution in [0.1, 0.15) is 4.88 Å². The molecule has 166 valence electrons. The molecular weight excluding hydrogens is 478 g/mol. The van der Waals surface area contributed by atoms with Crippen LogP contribution in [0.2, 0.25) is 5.28 Å². The maximum absolute atomic E-state index is 12.7. The molecule has 12 heteroatoms. The third-order valence-electron chi connectivity index (χ3n) is 5.49. The number of ether oxygens (including phenoxy) is 1. The van der Waals surface area contributed by atoms with Crippen molar-refractivity contribution in [2.45, 2.75) is 10.8 Å². The van der Waals surface area contributed by atoms with E-state index >= 15 is 0 Å². The van der Waals surface area contributed by atoms with E-state index in [1.54, 1.807) is 33.2 Å². The van der Waals surface area contributed by atoms with Gasteiger partial charge >= 0.3 is 0 Å². The molecule has 5 heterocycles. The number of halogens is 1. The molecule has 0 spiro atoms. The molecule has 3 aromatic heterocycles. The predicted molar refractivity (Wildman–Crippen MR) is 124 cm³/mol. The highest BCUT2D eigenvalue weighted by Crippen LogP contribution is 2.34. The normalized spacial score (nSPS) is 19.3. The number of hydrogen-bond acceptors (Lipinski definition) is 9. The molecule has 0 unspecified atom stereocenters. The van der Waals surface area contributed by atoms with Crippen LogP contribution in [0.15, 0.2) is 27.8 Å². The molecule has 3 aromatic rings. The number of piperazine rings is 1. The lowest BCUT2D eigenvalue weighted by Gasteiger charge is -2.33. The third kappa shape index (κ3) is 4.45. The second-order valence-corrected chi connectivity index (χ2v) is 12.0. The zero-order valence-corrected chi connectivity index (χ0v) is 19.9. The molecule has 0 aromatic carbocycles. The Hall–Kier alpha value is -1.34. The molecule has 31 heavy (non-hydrogen) atoms. The van der Waals surface area contributed by atoms with Crippen LogP contribution in [0.4, 0.5) is 5.82 Å². The molecule has 5 rings (SSSR count). The molecule has 0 amide bonds. The largest absolute Gasteiger partial charge is 0.378 e. The van der Waals surface area contributed by atoms with E-state index in [4.69, 9.17) is 16.3 Å². The Morgan fingerprint density at radius 2 is 1.87 bits per heavy atom. The molecule has 2 fully saturated rings. The summed E-state index contributed by atoms with van der Waals surface area (Å²) in [6.07, 6.45) is 0. The Bertz CT molecular complexity index is 1150. The number of aromatic nitrogens is 2. The van der Waals surface area contributed by atoms with Gasteiger partial charge in [0.2, 0.25) is 5.28 Å². The summed E-state index contributed by atoms with van der Waals surface area (Å²) >= 11 is 9.15. The molecule has 8 nitrogen and oxygen atoms in total. The highest BCUT2D eigenvalue weighted by molar-refractivity contribution is 7.91. The molecule has 0 saturated carbocycles. The summed E-state index contributed by atoms with van der Waals surface area (Å²) < 4.78 is 34.0. The number of fused-ring (bicyclic) bond motifs is 1. The number of hydrogen-bond donors (Lipinski definition) is 0. The van der Waals surface area contributed by atoms with Crippen LogP contribution >= 0.6 is 34.3 Å². The summed E-state index contributed by atoms with van der Waals surface area (Å²) in [4.78, 5) is 14.6. The first kappa shape index (κ1) is 21.5. The van der Waals surface area contributed by atoms with Crippen molar-refractivity contribution in [1.82, 2.24) is 19.2 Å². The van der Waals surface area contributed by atoms with E-state index < -0.39 is 10.0 Å². The first-order valence-electron chi connectivity index (χ1n) is 10.1. The zero-order valence-electron chi connectivity index (χ0n) is 16.7. The third-order valence-corrected chi connectivity index (χ3v) is 10.0. The van der Waals surface area contributed by atoms with Crippen LogP contribution in [0.3, 0.4) is 0 Å². The predicted octanol–water partition coefficient (Wildman–Crippen LogP) is 2.75. The standard InChI is InChI=1S/C19H22ClN5O3S3/c20-19-21-15-12-14(30-17(15)18(22-19)24-7-9-28-10-8-24)13-23-3-5-25(6-4-23)31(26,27)16-2-1-11-29-16/h1-2,11-12H,3-10,13H2. The number of morpholine rings is 1. The van der Waals surface area contributed by atoms with Crippen molar-refractivity contribution in [3.8, 4) is 0 Å². The second-order valence-electron chi connectivity index (χ2n) is 7.46. The average Bonchev–Trinajstić information content (AvgIpc) is 3.44. The molecule has 2 saturated heterocycles. The lowest BCUT2D eigenvalue weighted by atomic mass is 10.3. The van der Waals surface area contributed by atoms with Gasteiger partial charge in [0.1, 0.15) is 4.21 Å². The Morgan fingerprint density at radius 1 is 1.10 bits per heavy atom. The first-order valence-corrected chi connectivity index (χ1v) is 13.6. The fraction of sp³-hybridized carbons (Fsp3) is 0.474. The Morgan fingerprint density at radius 3 is 2.58 bits per heavy atom. The maximum Gasteiger partial charge on any atom is 0.252 e. The van der Waals surface area contributed by atoms with E-state index in [2.05, 4.69) is 25.8 Å². The van der Waals surface area contributed by atoms with Crippen LogP contribution < -0.4 is 4.90 Å². The smallest absolute Gasteiger partial charge is 0.252 e. The highest BCUT2D eigenvalue weighted by Gasteiger charge is 2.29. The van der Waals surface area contributed by atoms with Crippen molar-refractivity contribution in [3.05, 3.63) is 33.7 Å². The number of anilines is 1. The van der Waals surface area contributed by atoms with E-state index in [9.17, 15) is 8.42 Å². The topological polar surface area (TPSA) is 78.9 Å². The molecule has 0 radical (unpaired) electrons. The molecule has 0 N–H and O–H groups in total. The number of sulfonamides is 1. The van der Waals surface area contributed by atoms with Crippen LogP contribution in [0, 0.1) is 0 Å². The van der Waals surface area contributed by atoms with E-state index in [-0.39, 0.29) is 5.28 Å². The summed E-state index contributed by atoms with van der Waals surface area (Å²) in [6, 6.07) is 5.52. The quantitative estimate of drug-likeness (QED) is 0.499. The van der Waals surface area contributed by atoms with Crippen molar-refractivity contribution in [2.24, 2.45) is 0 Å². The van der Waals surface area contributed by atoms with E-state index in [1.165, 1.54) is 16.2 Å². The zero-order chi connectivity index (χ0) is 21.4. The Labute approximate surface area is 194 Å². The van der Waals surface area contributed by atoms with Gasteiger partial charge in [0.15, 0.2) is 5.82 Å². The summed E-state index contributed by atoms with van der Waals surface area (Å²) in [5.74, 6) is 0.876. The van der Waals surface area contributed by atoms with Gasteiger partial charge in [0.05, 0.1) is 23.4 Å².